The third kappa shape index (κ3) is 2.81. The van der Waals surface area contributed by atoms with Gasteiger partial charge in [0.2, 0.25) is 0 Å². The lowest BCUT2D eigenvalue weighted by atomic mass is 10.1. The highest BCUT2D eigenvalue weighted by atomic mass is 35.5. The molecule has 0 aliphatic carbocycles. The van der Waals surface area contributed by atoms with Crippen molar-refractivity contribution in [1.82, 2.24) is 14.9 Å². The van der Waals surface area contributed by atoms with E-state index in [1.54, 1.807) is 18.5 Å². The highest BCUT2D eigenvalue weighted by Crippen LogP contribution is 2.31. The predicted molar refractivity (Wildman–Crippen MR) is 75.8 cm³/mol. The van der Waals surface area contributed by atoms with Crippen molar-refractivity contribution in [2.24, 2.45) is 0 Å². The minimum atomic E-state index is -0.362. The summed E-state index contributed by atoms with van der Waals surface area (Å²) in [7, 11) is 0. The number of hydrogen-bond donors (Lipinski definition) is 0. The molecule has 1 unspecified atom stereocenters. The second-order valence-electron chi connectivity index (χ2n) is 5.01. The molecule has 3 rings (SSSR count). The van der Waals surface area contributed by atoms with E-state index in [1.807, 2.05) is 12.3 Å². The van der Waals surface area contributed by atoms with Crippen molar-refractivity contribution in [3.63, 3.8) is 0 Å². The number of hydrogen-bond acceptors (Lipinski definition) is 3. The second-order valence-corrected chi connectivity index (χ2v) is 5.41. The van der Waals surface area contributed by atoms with Crippen LogP contribution in [-0.2, 0) is 6.54 Å². The van der Waals surface area contributed by atoms with Crippen molar-refractivity contribution < 1.29 is 4.39 Å². The third-order valence-corrected chi connectivity index (χ3v) is 3.96. The van der Waals surface area contributed by atoms with Crippen molar-refractivity contribution in [2.75, 3.05) is 6.54 Å². The Labute approximate surface area is 122 Å². The van der Waals surface area contributed by atoms with E-state index in [4.69, 9.17) is 11.6 Å². The Balaban J connectivity index is 1.77. The number of likely N-dealkylation sites (tertiary alicyclic amines) is 1. The van der Waals surface area contributed by atoms with Crippen LogP contribution in [0.1, 0.15) is 30.1 Å². The molecule has 0 bridgehead atoms. The average Bonchev–Trinajstić information content (AvgIpc) is 2.92. The number of halogens is 2. The predicted octanol–water partition coefficient (Wildman–Crippen LogP) is 3.61. The van der Waals surface area contributed by atoms with Gasteiger partial charge in [0.1, 0.15) is 5.82 Å². The first kappa shape index (κ1) is 13.5. The number of aromatic nitrogens is 2. The lowest BCUT2D eigenvalue weighted by molar-refractivity contribution is 0.243. The molecular weight excluding hydrogens is 277 g/mol. The normalized spacial score (nSPS) is 19.4. The lowest BCUT2D eigenvalue weighted by Gasteiger charge is -2.23. The molecule has 0 N–H and O–H groups in total. The van der Waals surface area contributed by atoms with Crippen LogP contribution in [-0.4, -0.2) is 21.4 Å². The van der Waals surface area contributed by atoms with E-state index < -0.39 is 0 Å². The van der Waals surface area contributed by atoms with Crippen LogP contribution in [0.5, 0.6) is 0 Å². The van der Waals surface area contributed by atoms with Crippen molar-refractivity contribution in [1.29, 1.82) is 0 Å². The SMILES string of the molecule is Fc1cc(CN2CCCC2c2cnccn2)ccc1Cl. The van der Waals surface area contributed by atoms with Gasteiger partial charge in [-0.1, -0.05) is 17.7 Å². The fourth-order valence-corrected chi connectivity index (χ4v) is 2.82. The van der Waals surface area contributed by atoms with E-state index in [0.29, 0.717) is 6.54 Å². The molecule has 1 aromatic heterocycles. The Hall–Kier alpha value is -1.52. The molecule has 0 saturated carbocycles. The van der Waals surface area contributed by atoms with Gasteiger partial charge in [0, 0.05) is 25.1 Å². The Morgan fingerprint density at radius 3 is 3.00 bits per heavy atom. The van der Waals surface area contributed by atoms with Crippen LogP contribution in [0.4, 0.5) is 4.39 Å². The highest BCUT2D eigenvalue weighted by Gasteiger charge is 2.27. The van der Waals surface area contributed by atoms with Gasteiger partial charge in [-0.15, -0.1) is 0 Å². The van der Waals surface area contributed by atoms with Crippen molar-refractivity contribution in [3.05, 3.63) is 58.9 Å². The van der Waals surface area contributed by atoms with E-state index >= 15 is 0 Å². The largest absolute Gasteiger partial charge is 0.290 e. The fourth-order valence-electron chi connectivity index (χ4n) is 2.71. The first-order valence-electron chi connectivity index (χ1n) is 6.68. The summed E-state index contributed by atoms with van der Waals surface area (Å²) >= 11 is 5.71. The van der Waals surface area contributed by atoms with Gasteiger partial charge in [0.25, 0.3) is 0 Å². The molecule has 1 aliphatic rings. The van der Waals surface area contributed by atoms with Gasteiger partial charge in [-0.2, -0.15) is 0 Å². The molecule has 1 saturated heterocycles. The molecule has 5 heteroatoms. The van der Waals surface area contributed by atoms with Gasteiger partial charge in [-0.25, -0.2) is 4.39 Å². The lowest BCUT2D eigenvalue weighted by Crippen LogP contribution is -2.23. The van der Waals surface area contributed by atoms with Crippen LogP contribution in [0, 0.1) is 5.82 Å². The Morgan fingerprint density at radius 1 is 1.35 bits per heavy atom. The van der Waals surface area contributed by atoms with E-state index in [1.165, 1.54) is 6.07 Å². The van der Waals surface area contributed by atoms with Gasteiger partial charge in [0.05, 0.1) is 16.8 Å². The monoisotopic (exact) mass is 291 g/mol. The molecule has 104 valence electrons. The summed E-state index contributed by atoms with van der Waals surface area (Å²) in [5.74, 6) is -0.362. The zero-order chi connectivity index (χ0) is 13.9. The molecule has 2 aromatic rings. The van der Waals surface area contributed by atoms with Gasteiger partial charge in [0.15, 0.2) is 0 Å². The zero-order valence-corrected chi connectivity index (χ0v) is 11.7. The second kappa shape index (κ2) is 5.85. The molecular formula is C15H15ClFN3. The summed E-state index contributed by atoms with van der Waals surface area (Å²) in [5.41, 5.74) is 1.92. The quantitative estimate of drug-likeness (QED) is 0.865. The van der Waals surface area contributed by atoms with Gasteiger partial charge >= 0.3 is 0 Å². The molecule has 1 fully saturated rings. The minimum Gasteiger partial charge on any atom is -0.290 e. The van der Waals surface area contributed by atoms with E-state index in [-0.39, 0.29) is 16.9 Å². The molecule has 0 spiro atoms. The highest BCUT2D eigenvalue weighted by molar-refractivity contribution is 6.30. The smallest absolute Gasteiger partial charge is 0.142 e. The molecule has 1 aliphatic heterocycles. The van der Waals surface area contributed by atoms with E-state index in [2.05, 4.69) is 14.9 Å². The number of rotatable bonds is 3. The van der Waals surface area contributed by atoms with E-state index in [9.17, 15) is 4.39 Å². The molecule has 3 nitrogen and oxygen atoms in total. The summed E-state index contributed by atoms with van der Waals surface area (Å²) < 4.78 is 13.5. The standard InChI is InChI=1S/C15H15ClFN3/c16-12-4-3-11(8-13(12)17)10-20-7-1-2-15(20)14-9-18-5-6-19-14/h3-6,8-9,15H,1-2,7,10H2. The zero-order valence-electron chi connectivity index (χ0n) is 11.0. The first-order valence-corrected chi connectivity index (χ1v) is 7.06. The Bertz CT molecular complexity index is 591. The molecule has 0 radical (unpaired) electrons. The van der Waals surface area contributed by atoms with Crippen LogP contribution >= 0.6 is 11.6 Å². The van der Waals surface area contributed by atoms with Gasteiger partial charge in [-0.3, -0.25) is 14.9 Å². The summed E-state index contributed by atoms with van der Waals surface area (Å²) in [5, 5.41) is 0.167. The third-order valence-electron chi connectivity index (χ3n) is 3.66. The number of nitrogens with zero attached hydrogens (tertiary/aromatic N) is 3. The van der Waals surface area contributed by atoms with Crippen molar-refractivity contribution in [3.8, 4) is 0 Å². The molecule has 1 aromatic carbocycles. The minimum absolute atomic E-state index is 0.167. The Kier molecular flexibility index (Phi) is 3.94. The molecule has 2 heterocycles. The molecule has 1 atom stereocenters. The maximum absolute atomic E-state index is 13.5. The summed E-state index contributed by atoms with van der Waals surface area (Å²) in [6.45, 7) is 1.70. The van der Waals surface area contributed by atoms with Gasteiger partial charge < -0.3 is 0 Å². The van der Waals surface area contributed by atoms with Crippen LogP contribution in [0.15, 0.2) is 36.8 Å². The Morgan fingerprint density at radius 2 is 2.25 bits per heavy atom. The topological polar surface area (TPSA) is 29.0 Å². The maximum Gasteiger partial charge on any atom is 0.142 e. The first-order chi connectivity index (χ1) is 9.74. The fraction of sp³-hybridized carbons (Fsp3) is 0.333. The maximum atomic E-state index is 13.5. The average molecular weight is 292 g/mol. The summed E-state index contributed by atoms with van der Waals surface area (Å²) in [4.78, 5) is 10.8. The molecule has 0 amide bonds. The van der Waals surface area contributed by atoms with Crippen molar-refractivity contribution >= 4 is 11.6 Å². The van der Waals surface area contributed by atoms with Crippen LogP contribution in [0.2, 0.25) is 5.02 Å². The van der Waals surface area contributed by atoms with Crippen LogP contribution in [0.3, 0.4) is 0 Å². The molecule has 20 heavy (non-hydrogen) atoms. The van der Waals surface area contributed by atoms with Crippen molar-refractivity contribution in [2.45, 2.75) is 25.4 Å². The van der Waals surface area contributed by atoms with Crippen LogP contribution in [0.25, 0.3) is 0 Å². The summed E-state index contributed by atoms with van der Waals surface area (Å²) in [6.07, 6.45) is 7.39. The summed E-state index contributed by atoms with van der Waals surface area (Å²) in [6, 6.07) is 5.26. The van der Waals surface area contributed by atoms with Gasteiger partial charge in [-0.05, 0) is 37.1 Å². The number of benzene rings is 1. The van der Waals surface area contributed by atoms with E-state index in [0.717, 1.165) is 30.6 Å². The van der Waals surface area contributed by atoms with Crippen LogP contribution < -0.4 is 0 Å².